The molecular weight excluding hydrogens is 314 g/mol. The molecule has 0 saturated carbocycles. The molecule has 0 heterocycles. The van der Waals surface area contributed by atoms with Gasteiger partial charge in [0.05, 0.1) is 18.8 Å². The van der Waals surface area contributed by atoms with Crippen LogP contribution in [0.5, 0.6) is 11.5 Å². The molecule has 4 heteroatoms. The van der Waals surface area contributed by atoms with Crippen LogP contribution in [0.1, 0.15) is 49.9 Å². The van der Waals surface area contributed by atoms with E-state index >= 15 is 0 Å². The van der Waals surface area contributed by atoms with Gasteiger partial charge in [0.1, 0.15) is 11.5 Å². The van der Waals surface area contributed by atoms with Crippen LogP contribution < -0.4 is 14.8 Å². The number of carbonyl (C=O) groups is 1. The zero-order chi connectivity index (χ0) is 17.9. The fourth-order valence-electron chi connectivity index (χ4n) is 2.49. The van der Waals surface area contributed by atoms with Crippen molar-refractivity contribution in [3.05, 3.63) is 54.1 Å². The molecule has 0 atom stereocenters. The lowest BCUT2D eigenvalue weighted by Gasteiger charge is -2.12. The number of unbranched alkanes of at least 4 members (excludes halogenated alkanes) is 3. The Balaban J connectivity index is 1.96. The van der Waals surface area contributed by atoms with E-state index < -0.39 is 0 Å². The van der Waals surface area contributed by atoms with Crippen LogP contribution in [0.3, 0.4) is 0 Å². The summed E-state index contributed by atoms with van der Waals surface area (Å²) in [5, 5.41) is 2.90. The van der Waals surface area contributed by atoms with Gasteiger partial charge in [-0.3, -0.25) is 4.79 Å². The monoisotopic (exact) mass is 341 g/mol. The molecule has 2 aromatic rings. The minimum atomic E-state index is -0.173. The van der Waals surface area contributed by atoms with Gasteiger partial charge in [0.15, 0.2) is 0 Å². The molecule has 0 aliphatic carbocycles. The Kier molecular flexibility index (Phi) is 7.83. The van der Waals surface area contributed by atoms with Crippen molar-refractivity contribution in [3.63, 3.8) is 0 Å². The van der Waals surface area contributed by atoms with Gasteiger partial charge in [0, 0.05) is 5.69 Å². The highest BCUT2D eigenvalue weighted by atomic mass is 16.5. The molecule has 0 aliphatic heterocycles. The molecule has 0 unspecified atom stereocenters. The first-order chi connectivity index (χ1) is 12.2. The highest BCUT2D eigenvalue weighted by Crippen LogP contribution is 2.21. The third-order valence-corrected chi connectivity index (χ3v) is 3.81. The molecule has 25 heavy (non-hydrogen) atoms. The molecule has 0 fully saturated rings. The summed E-state index contributed by atoms with van der Waals surface area (Å²) in [6, 6.07) is 14.7. The van der Waals surface area contributed by atoms with Gasteiger partial charge in [0.2, 0.25) is 0 Å². The molecule has 0 aromatic heterocycles. The average Bonchev–Trinajstić information content (AvgIpc) is 2.64. The third-order valence-electron chi connectivity index (χ3n) is 3.81. The summed E-state index contributed by atoms with van der Waals surface area (Å²) in [5.41, 5.74) is 1.28. The van der Waals surface area contributed by atoms with Crippen LogP contribution in [0.25, 0.3) is 0 Å². The molecule has 134 valence electrons. The summed E-state index contributed by atoms with van der Waals surface area (Å²) in [6.07, 6.45) is 4.56. The second kappa shape index (κ2) is 10.4. The van der Waals surface area contributed by atoms with Gasteiger partial charge >= 0.3 is 0 Å². The number of amides is 1. The fraction of sp³-hybridized carbons (Fsp3) is 0.381. The summed E-state index contributed by atoms with van der Waals surface area (Å²) >= 11 is 0. The first-order valence-corrected chi connectivity index (χ1v) is 9.00. The van der Waals surface area contributed by atoms with Crippen LogP contribution in [0.2, 0.25) is 0 Å². The number of anilines is 1. The zero-order valence-electron chi connectivity index (χ0n) is 15.1. The van der Waals surface area contributed by atoms with E-state index in [-0.39, 0.29) is 5.91 Å². The van der Waals surface area contributed by atoms with Gasteiger partial charge in [-0.05, 0) is 49.7 Å². The Hall–Kier alpha value is -2.49. The van der Waals surface area contributed by atoms with Crippen LogP contribution >= 0.6 is 0 Å². The number of benzene rings is 2. The number of para-hydroxylation sites is 1. The molecule has 1 N–H and O–H groups in total. The molecule has 4 nitrogen and oxygen atoms in total. The van der Waals surface area contributed by atoms with Crippen LogP contribution in [-0.4, -0.2) is 19.1 Å². The number of carbonyl (C=O) groups excluding carboxylic acids is 1. The van der Waals surface area contributed by atoms with E-state index in [0.717, 1.165) is 24.3 Å². The number of nitrogens with one attached hydrogen (secondary N) is 1. The third kappa shape index (κ3) is 6.14. The number of hydrogen-bond acceptors (Lipinski definition) is 3. The van der Waals surface area contributed by atoms with Crippen LogP contribution in [0, 0.1) is 0 Å². The molecule has 0 radical (unpaired) electrons. The van der Waals surface area contributed by atoms with Gasteiger partial charge in [-0.15, -0.1) is 0 Å². The molecule has 2 aromatic carbocycles. The predicted octanol–water partition coefficient (Wildman–Crippen LogP) is 5.30. The van der Waals surface area contributed by atoms with Crippen molar-refractivity contribution in [1.82, 2.24) is 0 Å². The number of hydrogen-bond donors (Lipinski definition) is 1. The minimum Gasteiger partial charge on any atom is -0.494 e. The van der Waals surface area contributed by atoms with Crippen LogP contribution in [0.15, 0.2) is 48.5 Å². The van der Waals surface area contributed by atoms with Crippen molar-refractivity contribution in [1.29, 1.82) is 0 Å². The predicted molar refractivity (Wildman–Crippen MR) is 102 cm³/mol. The van der Waals surface area contributed by atoms with E-state index in [1.54, 1.807) is 6.07 Å². The quantitative estimate of drug-likeness (QED) is 0.597. The second-order valence-corrected chi connectivity index (χ2v) is 5.82. The van der Waals surface area contributed by atoms with E-state index in [9.17, 15) is 4.79 Å². The lowest BCUT2D eigenvalue weighted by Crippen LogP contribution is -2.14. The van der Waals surface area contributed by atoms with E-state index in [1.165, 1.54) is 12.8 Å². The van der Waals surface area contributed by atoms with Crippen LogP contribution in [0.4, 0.5) is 5.69 Å². The molecule has 2 rings (SSSR count). The van der Waals surface area contributed by atoms with Gasteiger partial charge in [-0.25, -0.2) is 0 Å². The summed E-state index contributed by atoms with van der Waals surface area (Å²) in [6.45, 7) is 5.37. The highest BCUT2D eigenvalue weighted by Gasteiger charge is 2.12. The van der Waals surface area contributed by atoms with Crippen molar-refractivity contribution >= 4 is 11.6 Å². The Morgan fingerprint density at radius 3 is 2.40 bits per heavy atom. The smallest absolute Gasteiger partial charge is 0.259 e. The van der Waals surface area contributed by atoms with Crippen molar-refractivity contribution in [2.45, 2.75) is 39.5 Å². The van der Waals surface area contributed by atoms with Gasteiger partial charge in [0.25, 0.3) is 5.91 Å². The lowest BCUT2D eigenvalue weighted by atomic mass is 10.1. The maximum Gasteiger partial charge on any atom is 0.259 e. The van der Waals surface area contributed by atoms with E-state index in [2.05, 4.69) is 12.2 Å². The highest BCUT2D eigenvalue weighted by molar-refractivity contribution is 6.06. The SMILES string of the molecule is CCCCCCOc1ccccc1C(=O)Nc1ccc(OCC)cc1. The standard InChI is InChI=1S/C21H27NO3/c1-3-5-6-9-16-25-20-11-8-7-10-19(20)21(23)22-17-12-14-18(15-13-17)24-4-2/h7-8,10-15H,3-6,9,16H2,1-2H3,(H,22,23). The van der Waals surface area contributed by atoms with Crippen molar-refractivity contribution in [3.8, 4) is 11.5 Å². The van der Waals surface area contributed by atoms with E-state index in [0.29, 0.717) is 24.5 Å². The van der Waals surface area contributed by atoms with Crippen molar-refractivity contribution in [2.24, 2.45) is 0 Å². The zero-order valence-corrected chi connectivity index (χ0v) is 15.1. The second-order valence-electron chi connectivity index (χ2n) is 5.82. The minimum absolute atomic E-state index is 0.173. The average molecular weight is 341 g/mol. The maximum absolute atomic E-state index is 12.6. The molecular formula is C21H27NO3. The molecule has 0 bridgehead atoms. The maximum atomic E-state index is 12.6. The summed E-state index contributed by atoms with van der Waals surface area (Å²) in [5.74, 6) is 1.24. The van der Waals surface area contributed by atoms with Crippen molar-refractivity contribution < 1.29 is 14.3 Å². The van der Waals surface area contributed by atoms with Gasteiger partial charge < -0.3 is 14.8 Å². The largest absolute Gasteiger partial charge is 0.494 e. The van der Waals surface area contributed by atoms with Gasteiger partial charge in [-0.1, -0.05) is 38.3 Å². The topological polar surface area (TPSA) is 47.6 Å². The first-order valence-electron chi connectivity index (χ1n) is 9.00. The molecule has 1 amide bonds. The normalized spacial score (nSPS) is 10.3. The molecule has 0 spiro atoms. The Morgan fingerprint density at radius 1 is 0.920 bits per heavy atom. The molecule has 0 aliphatic rings. The Labute approximate surface area is 150 Å². The number of rotatable bonds is 10. The molecule has 0 saturated heterocycles. The van der Waals surface area contributed by atoms with Gasteiger partial charge in [-0.2, -0.15) is 0 Å². The number of ether oxygens (including phenoxy) is 2. The summed E-state index contributed by atoms with van der Waals surface area (Å²) < 4.78 is 11.2. The first kappa shape index (κ1) is 18.8. The Bertz CT molecular complexity index is 652. The fourth-order valence-corrected chi connectivity index (χ4v) is 2.49. The van der Waals surface area contributed by atoms with E-state index in [4.69, 9.17) is 9.47 Å². The lowest BCUT2D eigenvalue weighted by molar-refractivity contribution is 0.102. The Morgan fingerprint density at radius 2 is 1.68 bits per heavy atom. The van der Waals surface area contributed by atoms with E-state index in [1.807, 2.05) is 49.4 Å². The summed E-state index contributed by atoms with van der Waals surface area (Å²) in [4.78, 5) is 12.6. The summed E-state index contributed by atoms with van der Waals surface area (Å²) in [7, 11) is 0. The van der Waals surface area contributed by atoms with Crippen LogP contribution in [-0.2, 0) is 0 Å². The van der Waals surface area contributed by atoms with Crippen molar-refractivity contribution in [2.75, 3.05) is 18.5 Å².